The van der Waals surface area contributed by atoms with Crippen molar-refractivity contribution in [2.24, 2.45) is 0 Å². The average molecular weight is 226 g/mol. The van der Waals surface area contributed by atoms with E-state index in [4.69, 9.17) is 16.3 Å². The summed E-state index contributed by atoms with van der Waals surface area (Å²) >= 11 is 5.76. The van der Waals surface area contributed by atoms with Gasteiger partial charge in [-0.2, -0.15) is 0 Å². The molecule has 4 heteroatoms. The standard InChI is InChI=1S/C11H10ClO3/c1-2-3-11(14)15-9-5-4-8(7-13)10(12)6-9/h3-7H,2H2,1H3. The summed E-state index contributed by atoms with van der Waals surface area (Å²) in [5, 5.41) is 0.270. The van der Waals surface area contributed by atoms with Crippen molar-refractivity contribution in [3.63, 3.8) is 0 Å². The van der Waals surface area contributed by atoms with Gasteiger partial charge in [0, 0.05) is 11.6 Å². The second-order valence-electron chi connectivity index (χ2n) is 2.83. The van der Waals surface area contributed by atoms with Crippen molar-refractivity contribution in [1.82, 2.24) is 0 Å². The minimum absolute atomic E-state index is 0.270. The van der Waals surface area contributed by atoms with Gasteiger partial charge in [0.25, 0.3) is 0 Å². The van der Waals surface area contributed by atoms with Crippen molar-refractivity contribution >= 4 is 23.9 Å². The smallest absolute Gasteiger partial charge is 0.315 e. The molecule has 0 spiro atoms. The van der Waals surface area contributed by atoms with Crippen LogP contribution in [0.1, 0.15) is 23.7 Å². The van der Waals surface area contributed by atoms with Crippen LogP contribution in [0.4, 0.5) is 0 Å². The molecule has 0 unspecified atom stereocenters. The number of aldehydes is 1. The van der Waals surface area contributed by atoms with Crippen molar-refractivity contribution < 1.29 is 14.3 Å². The molecule has 0 aliphatic heterocycles. The van der Waals surface area contributed by atoms with E-state index in [0.717, 1.165) is 0 Å². The Labute approximate surface area is 93.0 Å². The molecule has 0 saturated heterocycles. The number of benzene rings is 1. The number of carbonyl (C=O) groups is 2. The molecule has 0 heterocycles. The van der Waals surface area contributed by atoms with Crippen LogP contribution >= 0.6 is 11.6 Å². The van der Waals surface area contributed by atoms with E-state index in [1.54, 1.807) is 0 Å². The Morgan fingerprint density at radius 2 is 2.27 bits per heavy atom. The zero-order valence-corrected chi connectivity index (χ0v) is 8.95. The zero-order chi connectivity index (χ0) is 11.3. The fraction of sp³-hybridized carbons (Fsp3) is 0.182. The Kier molecular flexibility index (Phi) is 4.31. The first kappa shape index (κ1) is 11.7. The van der Waals surface area contributed by atoms with Crippen LogP contribution in [0.3, 0.4) is 0 Å². The number of halogens is 1. The van der Waals surface area contributed by atoms with E-state index in [9.17, 15) is 9.59 Å². The van der Waals surface area contributed by atoms with Crippen molar-refractivity contribution in [3.05, 3.63) is 35.2 Å². The Bertz CT molecular complexity index is 374. The van der Waals surface area contributed by atoms with Crippen LogP contribution < -0.4 is 4.74 Å². The lowest BCUT2D eigenvalue weighted by atomic mass is 10.2. The monoisotopic (exact) mass is 225 g/mol. The topological polar surface area (TPSA) is 43.4 Å². The number of carbonyl (C=O) groups excluding carboxylic acids is 2. The Hall–Kier alpha value is -1.35. The van der Waals surface area contributed by atoms with E-state index in [-0.39, 0.29) is 5.02 Å². The lowest BCUT2D eigenvalue weighted by Crippen LogP contribution is -2.07. The fourth-order valence-corrected chi connectivity index (χ4v) is 1.21. The second kappa shape index (κ2) is 5.51. The Morgan fingerprint density at radius 3 is 2.80 bits per heavy atom. The van der Waals surface area contributed by atoms with Gasteiger partial charge in [-0.25, -0.2) is 0 Å². The van der Waals surface area contributed by atoms with Crippen LogP contribution in [0.2, 0.25) is 5.02 Å². The molecule has 1 rings (SSSR count). The number of rotatable bonds is 4. The minimum atomic E-state index is -0.424. The Morgan fingerprint density at radius 1 is 1.53 bits per heavy atom. The summed E-state index contributed by atoms with van der Waals surface area (Å²) in [4.78, 5) is 21.6. The van der Waals surface area contributed by atoms with Gasteiger partial charge in [-0.3, -0.25) is 9.59 Å². The van der Waals surface area contributed by atoms with Crippen molar-refractivity contribution in [2.75, 3.05) is 0 Å². The quantitative estimate of drug-likeness (QED) is 0.450. The first-order valence-corrected chi connectivity index (χ1v) is 4.85. The third-order valence-corrected chi connectivity index (χ3v) is 2.02. The van der Waals surface area contributed by atoms with Crippen LogP contribution in [0.5, 0.6) is 5.75 Å². The van der Waals surface area contributed by atoms with E-state index >= 15 is 0 Å². The summed E-state index contributed by atoms with van der Waals surface area (Å²) in [6, 6.07) is 4.47. The molecule has 0 amide bonds. The van der Waals surface area contributed by atoms with Gasteiger partial charge in [0.05, 0.1) is 11.4 Å². The normalized spacial score (nSPS) is 9.73. The average Bonchev–Trinajstić information content (AvgIpc) is 2.18. The van der Waals surface area contributed by atoms with Gasteiger partial charge >= 0.3 is 5.97 Å². The largest absolute Gasteiger partial charge is 0.426 e. The molecular formula is C11H10ClO3. The highest BCUT2D eigenvalue weighted by Gasteiger charge is 2.06. The first-order chi connectivity index (χ1) is 7.17. The predicted octanol–water partition coefficient (Wildman–Crippen LogP) is 2.67. The summed E-state index contributed by atoms with van der Waals surface area (Å²) in [7, 11) is 0. The molecule has 0 N–H and O–H groups in total. The highest BCUT2D eigenvalue weighted by atomic mass is 35.5. The van der Waals surface area contributed by atoms with Crippen molar-refractivity contribution in [2.45, 2.75) is 13.3 Å². The van der Waals surface area contributed by atoms with E-state index in [2.05, 4.69) is 0 Å². The molecule has 1 aromatic rings. The Balaban J connectivity index is 2.75. The summed E-state index contributed by atoms with van der Waals surface area (Å²) < 4.78 is 4.94. The van der Waals surface area contributed by atoms with E-state index in [1.807, 2.05) is 6.92 Å². The van der Waals surface area contributed by atoms with Crippen LogP contribution in [0, 0.1) is 6.42 Å². The van der Waals surface area contributed by atoms with Gasteiger partial charge in [-0.1, -0.05) is 18.5 Å². The maximum atomic E-state index is 11.1. The van der Waals surface area contributed by atoms with Gasteiger partial charge < -0.3 is 4.74 Å². The van der Waals surface area contributed by atoms with Gasteiger partial charge in [-0.15, -0.1) is 0 Å². The summed E-state index contributed by atoms with van der Waals surface area (Å²) in [5.74, 6) is -0.0901. The van der Waals surface area contributed by atoms with Crippen molar-refractivity contribution in [3.8, 4) is 5.75 Å². The predicted molar refractivity (Wildman–Crippen MR) is 57.1 cm³/mol. The first-order valence-electron chi connectivity index (χ1n) is 4.47. The van der Waals surface area contributed by atoms with Gasteiger partial charge in [-0.05, 0) is 18.6 Å². The van der Waals surface area contributed by atoms with E-state index in [1.165, 1.54) is 24.6 Å². The SMILES string of the molecule is CC[CH]C(=O)Oc1ccc(C=O)c(Cl)c1. The zero-order valence-electron chi connectivity index (χ0n) is 8.20. The molecule has 0 aliphatic rings. The van der Waals surface area contributed by atoms with Crippen LogP contribution in [-0.2, 0) is 4.79 Å². The lowest BCUT2D eigenvalue weighted by molar-refractivity contribution is -0.130. The molecule has 0 saturated carbocycles. The molecule has 1 radical (unpaired) electrons. The molecule has 0 aliphatic carbocycles. The van der Waals surface area contributed by atoms with Crippen LogP contribution in [0.15, 0.2) is 18.2 Å². The van der Waals surface area contributed by atoms with Crippen LogP contribution in [-0.4, -0.2) is 12.3 Å². The fourth-order valence-electron chi connectivity index (χ4n) is 0.991. The van der Waals surface area contributed by atoms with Gasteiger partial charge in [0.15, 0.2) is 6.29 Å². The lowest BCUT2D eigenvalue weighted by Gasteiger charge is -2.04. The maximum Gasteiger partial charge on any atom is 0.315 e. The van der Waals surface area contributed by atoms with Gasteiger partial charge in [0.2, 0.25) is 0 Å². The molecule has 0 bridgehead atoms. The number of hydrogen-bond acceptors (Lipinski definition) is 3. The van der Waals surface area contributed by atoms with Crippen molar-refractivity contribution in [1.29, 1.82) is 0 Å². The maximum absolute atomic E-state index is 11.1. The highest BCUT2D eigenvalue weighted by molar-refractivity contribution is 6.33. The van der Waals surface area contributed by atoms with Crippen LogP contribution in [0.25, 0.3) is 0 Å². The molecular weight excluding hydrogens is 216 g/mol. The molecule has 15 heavy (non-hydrogen) atoms. The molecule has 0 atom stereocenters. The number of hydrogen-bond donors (Lipinski definition) is 0. The molecule has 3 nitrogen and oxygen atoms in total. The molecule has 79 valence electrons. The minimum Gasteiger partial charge on any atom is -0.426 e. The molecule has 0 aromatic heterocycles. The second-order valence-corrected chi connectivity index (χ2v) is 3.24. The van der Waals surface area contributed by atoms with Gasteiger partial charge in [0.1, 0.15) is 5.75 Å². The third-order valence-electron chi connectivity index (χ3n) is 1.69. The summed E-state index contributed by atoms with van der Waals surface area (Å²) in [5.41, 5.74) is 0.371. The molecule has 0 fully saturated rings. The van der Waals surface area contributed by atoms with E-state index < -0.39 is 5.97 Å². The summed E-state index contributed by atoms with van der Waals surface area (Å²) in [6.07, 6.45) is 2.67. The number of esters is 1. The third kappa shape index (κ3) is 3.36. The highest BCUT2D eigenvalue weighted by Crippen LogP contribution is 2.21. The number of ether oxygens (including phenoxy) is 1. The summed E-state index contributed by atoms with van der Waals surface area (Å²) in [6.45, 7) is 1.84. The molecule has 1 aromatic carbocycles. The van der Waals surface area contributed by atoms with E-state index in [0.29, 0.717) is 24.0 Å².